The van der Waals surface area contributed by atoms with Crippen LogP contribution in [0.4, 0.5) is 0 Å². The van der Waals surface area contributed by atoms with Crippen LogP contribution in [0.3, 0.4) is 0 Å². The molecule has 0 fully saturated rings. The summed E-state index contributed by atoms with van der Waals surface area (Å²) >= 11 is 0. The van der Waals surface area contributed by atoms with Gasteiger partial charge in [-0.2, -0.15) is 0 Å². The Hall–Kier alpha value is -0.570. The smallest absolute Gasteiger partial charge is 0.217 e. The molecule has 0 aliphatic carbocycles. The molecular formula is C18H37NO2. The maximum Gasteiger partial charge on any atom is 0.217 e. The van der Waals surface area contributed by atoms with E-state index in [4.69, 9.17) is 5.73 Å². The lowest BCUT2D eigenvalue weighted by Gasteiger charge is -2.09. The van der Waals surface area contributed by atoms with E-state index in [1.807, 2.05) is 0 Å². The van der Waals surface area contributed by atoms with Crippen molar-refractivity contribution in [1.82, 2.24) is 0 Å². The Balaban J connectivity index is 3.10. The van der Waals surface area contributed by atoms with Crippen LogP contribution in [0.25, 0.3) is 0 Å². The van der Waals surface area contributed by atoms with Crippen molar-refractivity contribution in [1.29, 1.82) is 0 Å². The van der Waals surface area contributed by atoms with E-state index in [1.54, 1.807) is 0 Å². The molecule has 0 heterocycles. The molecule has 0 radical (unpaired) electrons. The van der Waals surface area contributed by atoms with Crippen LogP contribution in [0.15, 0.2) is 0 Å². The third-order valence-electron chi connectivity index (χ3n) is 4.10. The minimum Gasteiger partial charge on any atom is -0.393 e. The number of aliphatic hydroxyl groups is 1. The molecule has 126 valence electrons. The summed E-state index contributed by atoms with van der Waals surface area (Å²) in [5.41, 5.74) is 5.10. The molecule has 3 heteroatoms. The van der Waals surface area contributed by atoms with Gasteiger partial charge in [-0.3, -0.25) is 4.79 Å². The third-order valence-corrected chi connectivity index (χ3v) is 4.10. The third kappa shape index (κ3) is 17.4. The lowest BCUT2D eigenvalue weighted by molar-refractivity contribution is -0.118. The highest BCUT2D eigenvalue weighted by atomic mass is 16.3. The Labute approximate surface area is 131 Å². The normalized spacial score (nSPS) is 12.5. The summed E-state index contributed by atoms with van der Waals surface area (Å²) in [6.45, 7) is 2.20. The molecule has 21 heavy (non-hydrogen) atoms. The first-order valence-corrected chi connectivity index (χ1v) is 9.13. The van der Waals surface area contributed by atoms with Gasteiger partial charge in [-0.25, -0.2) is 0 Å². The van der Waals surface area contributed by atoms with Crippen LogP contribution in [-0.4, -0.2) is 17.1 Å². The first-order chi connectivity index (χ1) is 10.2. The summed E-state index contributed by atoms with van der Waals surface area (Å²) in [5.74, 6) is -0.174. The van der Waals surface area contributed by atoms with Crippen molar-refractivity contribution < 1.29 is 9.90 Å². The maximum absolute atomic E-state index is 10.6. The number of hydrogen-bond donors (Lipinski definition) is 2. The van der Waals surface area contributed by atoms with Gasteiger partial charge in [0.25, 0.3) is 0 Å². The second kappa shape index (κ2) is 15.8. The number of hydrogen-bond acceptors (Lipinski definition) is 2. The molecule has 0 aliphatic heterocycles. The molecule has 3 N–H and O–H groups in total. The van der Waals surface area contributed by atoms with E-state index in [0.29, 0.717) is 6.42 Å². The molecule has 0 bridgehead atoms. The van der Waals surface area contributed by atoms with Crippen LogP contribution in [0, 0.1) is 0 Å². The zero-order valence-electron chi connectivity index (χ0n) is 14.1. The SMILES string of the molecule is CCCCCC(O)CCCCCCCCCCCC(N)=O. The fourth-order valence-electron chi connectivity index (χ4n) is 2.69. The molecule has 1 atom stereocenters. The second-order valence-electron chi connectivity index (χ2n) is 6.34. The van der Waals surface area contributed by atoms with Crippen molar-refractivity contribution in [3.05, 3.63) is 0 Å². The summed E-state index contributed by atoms with van der Waals surface area (Å²) in [5, 5.41) is 9.81. The predicted octanol–water partition coefficient (Wildman–Crippen LogP) is 4.70. The molecule has 0 aromatic heterocycles. The number of rotatable bonds is 16. The van der Waals surface area contributed by atoms with E-state index in [2.05, 4.69) is 6.92 Å². The van der Waals surface area contributed by atoms with Gasteiger partial charge in [-0.15, -0.1) is 0 Å². The topological polar surface area (TPSA) is 63.3 Å². The number of primary amides is 1. The number of amides is 1. The first-order valence-electron chi connectivity index (χ1n) is 9.13. The van der Waals surface area contributed by atoms with Gasteiger partial charge >= 0.3 is 0 Å². The zero-order chi connectivity index (χ0) is 15.8. The van der Waals surface area contributed by atoms with Crippen LogP contribution in [0.2, 0.25) is 0 Å². The molecule has 0 spiro atoms. The van der Waals surface area contributed by atoms with Crippen molar-refractivity contribution in [2.45, 2.75) is 109 Å². The molecule has 0 aliphatic rings. The highest BCUT2D eigenvalue weighted by Gasteiger charge is 2.03. The second-order valence-corrected chi connectivity index (χ2v) is 6.34. The van der Waals surface area contributed by atoms with Gasteiger partial charge in [-0.1, -0.05) is 77.6 Å². The van der Waals surface area contributed by atoms with Gasteiger partial charge in [0.2, 0.25) is 5.91 Å². The van der Waals surface area contributed by atoms with Crippen LogP contribution in [0.1, 0.15) is 103 Å². The van der Waals surface area contributed by atoms with Crippen molar-refractivity contribution in [2.75, 3.05) is 0 Å². The van der Waals surface area contributed by atoms with E-state index in [-0.39, 0.29) is 12.0 Å². The Kier molecular flexibility index (Phi) is 15.4. The number of aliphatic hydroxyl groups excluding tert-OH is 1. The minimum absolute atomic E-state index is 0.0678. The zero-order valence-corrected chi connectivity index (χ0v) is 14.1. The van der Waals surface area contributed by atoms with Crippen molar-refractivity contribution in [3.63, 3.8) is 0 Å². The predicted molar refractivity (Wildman–Crippen MR) is 90.1 cm³/mol. The monoisotopic (exact) mass is 299 g/mol. The highest BCUT2D eigenvalue weighted by molar-refractivity contribution is 5.73. The lowest BCUT2D eigenvalue weighted by Crippen LogP contribution is -2.09. The highest BCUT2D eigenvalue weighted by Crippen LogP contribution is 2.14. The van der Waals surface area contributed by atoms with Crippen molar-refractivity contribution >= 4 is 5.91 Å². The van der Waals surface area contributed by atoms with Crippen molar-refractivity contribution in [3.8, 4) is 0 Å². The molecule has 0 saturated carbocycles. The van der Waals surface area contributed by atoms with E-state index in [9.17, 15) is 9.90 Å². The summed E-state index contributed by atoms with van der Waals surface area (Å²) in [6, 6.07) is 0. The van der Waals surface area contributed by atoms with Gasteiger partial charge < -0.3 is 10.8 Å². The molecule has 0 rings (SSSR count). The van der Waals surface area contributed by atoms with Crippen LogP contribution in [0.5, 0.6) is 0 Å². The number of unbranched alkanes of at least 4 members (excludes halogenated alkanes) is 10. The van der Waals surface area contributed by atoms with E-state index in [1.165, 1.54) is 64.2 Å². The standard InChI is InChI=1S/C18H37NO2/c1-2-3-11-14-17(20)15-12-9-7-5-4-6-8-10-13-16-18(19)21/h17,20H,2-16H2,1H3,(H2,19,21). The summed E-state index contributed by atoms with van der Waals surface area (Å²) in [6.07, 6.45) is 17.0. The fourth-order valence-corrected chi connectivity index (χ4v) is 2.69. The molecule has 1 unspecified atom stereocenters. The Morgan fingerprint density at radius 3 is 1.71 bits per heavy atom. The largest absolute Gasteiger partial charge is 0.393 e. The van der Waals surface area contributed by atoms with Gasteiger partial charge in [0, 0.05) is 6.42 Å². The summed E-state index contributed by atoms with van der Waals surface area (Å²) in [7, 11) is 0. The number of nitrogens with two attached hydrogens (primary N) is 1. The first kappa shape index (κ1) is 20.4. The van der Waals surface area contributed by atoms with Gasteiger partial charge in [0.1, 0.15) is 0 Å². The van der Waals surface area contributed by atoms with Crippen LogP contribution in [-0.2, 0) is 4.79 Å². The Morgan fingerprint density at radius 2 is 1.24 bits per heavy atom. The van der Waals surface area contributed by atoms with Crippen molar-refractivity contribution in [2.24, 2.45) is 5.73 Å². The fraction of sp³-hybridized carbons (Fsp3) is 0.944. The number of carbonyl (C=O) groups is 1. The van der Waals surface area contributed by atoms with Gasteiger partial charge in [0.05, 0.1) is 6.10 Å². The molecular weight excluding hydrogens is 262 g/mol. The molecule has 1 amide bonds. The van der Waals surface area contributed by atoms with Crippen LogP contribution >= 0.6 is 0 Å². The molecule has 0 aromatic carbocycles. The van der Waals surface area contributed by atoms with E-state index < -0.39 is 0 Å². The van der Waals surface area contributed by atoms with Gasteiger partial charge in [-0.05, 0) is 19.3 Å². The van der Waals surface area contributed by atoms with E-state index in [0.717, 1.165) is 25.7 Å². The lowest BCUT2D eigenvalue weighted by atomic mass is 10.0. The average molecular weight is 299 g/mol. The Morgan fingerprint density at radius 1 is 0.810 bits per heavy atom. The van der Waals surface area contributed by atoms with E-state index >= 15 is 0 Å². The summed E-state index contributed by atoms with van der Waals surface area (Å²) < 4.78 is 0. The molecule has 0 saturated heterocycles. The summed E-state index contributed by atoms with van der Waals surface area (Å²) in [4.78, 5) is 10.6. The number of carbonyl (C=O) groups excluding carboxylic acids is 1. The maximum atomic E-state index is 10.6. The average Bonchev–Trinajstić information content (AvgIpc) is 2.44. The van der Waals surface area contributed by atoms with Gasteiger partial charge in [0.15, 0.2) is 0 Å². The van der Waals surface area contributed by atoms with Crippen LogP contribution < -0.4 is 5.73 Å². The quantitative estimate of drug-likeness (QED) is 0.406. The Bertz CT molecular complexity index is 231. The minimum atomic E-state index is -0.174. The molecule has 0 aromatic rings. The molecule has 3 nitrogen and oxygen atoms in total.